The van der Waals surface area contributed by atoms with Crippen molar-refractivity contribution in [1.82, 2.24) is 9.97 Å². The Morgan fingerprint density at radius 1 is 1.22 bits per heavy atom. The molecule has 2 aliphatic rings. The molecule has 0 bridgehead atoms. The maximum Gasteiger partial charge on any atom is 0.258 e. The van der Waals surface area contributed by atoms with E-state index in [-0.39, 0.29) is 23.2 Å². The van der Waals surface area contributed by atoms with Gasteiger partial charge in [-0.2, -0.15) is 0 Å². The first-order valence-electron chi connectivity index (χ1n) is 10.5. The summed E-state index contributed by atoms with van der Waals surface area (Å²) >= 11 is 0. The minimum Gasteiger partial charge on any atom is -0.491 e. The van der Waals surface area contributed by atoms with E-state index < -0.39 is 12.4 Å². The number of carbonyl (C=O) groups excluding carboxylic acids is 1. The third-order valence-electron chi connectivity index (χ3n) is 6.19. The number of aliphatic hydroxyl groups excluding tert-OH is 1. The highest BCUT2D eigenvalue weighted by atomic mass is 19.1. The van der Waals surface area contributed by atoms with E-state index in [9.17, 15) is 14.3 Å². The number of nitrogens with two attached hydrogens (primary N) is 1. The summed E-state index contributed by atoms with van der Waals surface area (Å²) in [5.74, 6) is 0.113. The molecule has 3 N–H and O–H groups in total. The van der Waals surface area contributed by atoms with Gasteiger partial charge in [-0.1, -0.05) is 12.1 Å². The van der Waals surface area contributed by atoms with Gasteiger partial charge in [0.15, 0.2) is 11.6 Å². The van der Waals surface area contributed by atoms with Crippen molar-refractivity contribution in [2.45, 2.75) is 31.8 Å². The van der Waals surface area contributed by atoms with Crippen molar-refractivity contribution in [1.29, 1.82) is 0 Å². The van der Waals surface area contributed by atoms with E-state index in [4.69, 9.17) is 10.5 Å². The van der Waals surface area contributed by atoms with E-state index in [1.807, 2.05) is 12.1 Å². The predicted molar refractivity (Wildman–Crippen MR) is 118 cm³/mol. The van der Waals surface area contributed by atoms with Gasteiger partial charge in [-0.25, -0.2) is 14.4 Å². The van der Waals surface area contributed by atoms with Crippen LogP contribution in [0, 0.1) is 5.82 Å². The van der Waals surface area contributed by atoms with E-state index in [0.29, 0.717) is 41.3 Å². The first-order chi connectivity index (χ1) is 15.5. The molecule has 1 aromatic heterocycles. The van der Waals surface area contributed by atoms with Crippen molar-refractivity contribution in [3.05, 3.63) is 64.7 Å². The van der Waals surface area contributed by atoms with Gasteiger partial charge in [0.1, 0.15) is 17.8 Å². The molecule has 0 unspecified atom stereocenters. The molecule has 1 fully saturated rings. The second-order valence-corrected chi connectivity index (χ2v) is 8.15. The number of fused-ring (bicyclic) bond motifs is 1. The highest BCUT2D eigenvalue weighted by Gasteiger charge is 2.31. The molecule has 1 amide bonds. The number of hydrogen-bond donors (Lipinski definition) is 2. The molecule has 1 saturated carbocycles. The summed E-state index contributed by atoms with van der Waals surface area (Å²) in [6.45, 7) is -0.0336. The lowest BCUT2D eigenvalue weighted by molar-refractivity contribution is 0.0980. The number of ether oxygens (including phenoxy) is 1. The van der Waals surface area contributed by atoms with Crippen LogP contribution in [0.1, 0.15) is 45.8 Å². The Hall–Kier alpha value is -3.52. The monoisotopic (exact) mass is 434 g/mol. The maximum absolute atomic E-state index is 14.8. The van der Waals surface area contributed by atoms with E-state index in [0.717, 1.165) is 5.56 Å². The number of nitrogens with zero attached hydrogens (tertiary/aromatic N) is 3. The third kappa shape index (κ3) is 3.36. The van der Waals surface area contributed by atoms with Crippen LogP contribution in [0.25, 0.3) is 11.3 Å². The number of halogens is 1. The molecule has 2 aromatic carbocycles. The van der Waals surface area contributed by atoms with Crippen LogP contribution < -0.4 is 15.4 Å². The van der Waals surface area contributed by atoms with Crippen LogP contribution in [0.4, 0.5) is 15.9 Å². The lowest BCUT2D eigenvalue weighted by Crippen LogP contribution is -2.38. The largest absolute Gasteiger partial charge is 0.491 e. The summed E-state index contributed by atoms with van der Waals surface area (Å²) in [4.78, 5) is 23.0. The number of anilines is 2. The number of carbonyl (C=O) groups is 1. The Kier molecular flexibility index (Phi) is 5.01. The molecule has 7 nitrogen and oxygen atoms in total. The third-order valence-corrected chi connectivity index (χ3v) is 6.19. The van der Waals surface area contributed by atoms with Crippen LogP contribution in [-0.2, 0) is 13.0 Å². The number of rotatable bonds is 5. The Morgan fingerprint density at radius 3 is 2.75 bits per heavy atom. The SMILES string of the molecule is COc1c(N)ncnc1-c1cc(F)cc(N2CCc3cc(C4CC4)ccc3C2=O)c1CO. The van der Waals surface area contributed by atoms with E-state index in [1.54, 1.807) is 0 Å². The lowest BCUT2D eigenvalue weighted by Gasteiger charge is -2.31. The number of amides is 1. The Bertz CT molecular complexity index is 1230. The van der Waals surface area contributed by atoms with Gasteiger partial charge in [-0.05, 0) is 54.5 Å². The van der Waals surface area contributed by atoms with E-state index >= 15 is 0 Å². The zero-order chi connectivity index (χ0) is 22.4. The first kappa shape index (κ1) is 20.4. The van der Waals surface area contributed by atoms with Gasteiger partial charge in [-0.3, -0.25) is 4.79 Å². The summed E-state index contributed by atoms with van der Waals surface area (Å²) in [5, 5.41) is 10.2. The van der Waals surface area contributed by atoms with Gasteiger partial charge in [0.05, 0.1) is 19.4 Å². The molecule has 8 heteroatoms. The van der Waals surface area contributed by atoms with Crippen molar-refractivity contribution >= 4 is 17.4 Å². The van der Waals surface area contributed by atoms with Gasteiger partial charge in [0.25, 0.3) is 5.91 Å². The van der Waals surface area contributed by atoms with Gasteiger partial charge in [0, 0.05) is 23.2 Å². The molecule has 0 saturated heterocycles. The molecule has 1 aliphatic heterocycles. The number of aliphatic hydroxyl groups is 1. The van der Waals surface area contributed by atoms with E-state index in [1.165, 1.54) is 48.9 Å². The van der Waals surface area contributed by atoms with Crippen molar-refractivity contribution in [3.63, 3.8) is 0 Å². The normalized spacial score (nSPS) is 15.6. The molecule has 3 aromatic rings. The average molecular weight is 434 g/mol. The summed E-state index contributed by atoms with van der Waals surface area (Å²) in [5.41, 5.74) is 10.0. The van der Waals surface area contributed by atoms with Gasteiger partial charge < -0.3 is 20.5 Å². The topological polar surface area (TPSA) is 102 Å². The molecule has 5 rings (SSSR count). The Morgan fingerprint density at radius 2 is 2.03 bits per heavy atom. The number of benzene rings is 2. The minimum atomic E-state index is -0.561. The quantitative estimate of drug-likeness (QED) is 0.638. The van der Waals surface area contributed by atoms with Crippen molar-refractivity contribution in [2.75, 3.05) is 24.3 Å². The van der Waals surface area contributed by atoms with Crippen LogP contribution in [0.15, 0.2) is 36.7 Å². The zero-order valence-electron chi connectivity index (χ0n) is 17.6. The van der Waals surface area contributed by atoms with Crippen molar-refractivity contribution in [3.8, 4) is 17.0 Å². The Balaban J connectivity index is 1.60. The fraction of sp³-hybridized carbons (Fsp3) is 0.292. The molecular weight excluding hydrogens is 411 g/mol. The molecule has 1 aliphatic carbocycles. The molecule has 164 valence electrons. The van der Waals surface area contributed by atoms with Crippen LogP contribution in [-0.4, -0.2) is 34.6 Å². The molecular formula is C24H23FN4O3. The fourth-order valence-corrected chi connectivity index (χ4v) is 4.43. The van der Waals surface area contributed by atoms with E-state index in [2.05, 4.69) is 16.0 Å². The zero-order valence-corrected chi connectivity index (χ0v) is 17.6. The van der Waals surface area contributed by atoms with Crippen LogP contribution in [0.3, 0.4) is 0 Å². The second-order valence-electron chi connectivity index (χ2n) is 8.15. The average Bonchev–Trinajstić information content (AvgIpc) is 3.64. The Labute approximate surface area is 184 Å². The summed E-state index contributed by atoms with van der Waals surface area (Å²) in [7, 11) is 1.42. The highest BCUT2D eigenvalue weighted by Crippen LogP contribution is 2.42. The summed E-state index contributed by atoms with van der Waals surface area (Å²) in [6.07, 6.45) is 4.30. The number of hydrogen-bond acceptors (Lipinski definition) is 6. The van der Waals surface area contributed by atoms with Crippen molar-refractivity contribution < 1.29 is 19.0 Å². The molecule has 0 radical (unpaired) electrons. The maximum atomic E-state index is 14.8. The minimum absolute atomic E-state index is 0.0987. The van der Waals surface area contributed by atoms with Gasteiger partial charge in [0.2, 0.25) is 0 Å². The molecule has 0 spiro atoms. The van der Waals surface area contributed by atoms with Gasteiger partial charge >= 0.3 is 0 Å². The predicted octanol–water partition coefficient (Wildman–Crippen LogP) is 3.45. The molecule has 2 heterocycles. The second kappa shape index (κ2) is 7.87. The molecule has 32 heavy (non-hydrogen) atoms. The summed E-state index contributed by atoms with van der Waals surface area (Å²) < 4.78 is 20.1. The standard InChI is InChI=1S/C24H23FN4O3/c1-32-22-21(27-12-28-23(22)26)18-9-16(25)10-20(19(18)11-30)29-7-6-15-8-14(13-2-3-13)4-5-17(15)24(29)31/h4-5,8-10,12-13,30H,2-3,6-7,11H2,1H3,(H2,26,27,28). The smallest absolute Gasteiger partial charge is 0.258 e. The fourth-order valence-electron chi connectivity index (χ4n) is 4.43. The number of aromatic nitrogens is 2. The number of methoxy groups -OCH3 is 1. The lowest BCUT2D eigenvalue weighted by atomic mass is 9.93. The van der Waals surface area contributed by atoms with Gasteiger partial charge in [-0.15, -0.1) is 0 Å². The molecule has 0 atom stereocenters. The van der Waals surface area contributed by atoms with Crippen LogP contribution in [0.5, 0.6) is 5.75 Å². The number of nitrogen functional groups attached to an aromatic ring is 1. The van der Waals surface area contributed by atoms with Crippen molar-refractivity contribution in [2.24, 2.45) is 0 Å². The van der Waals surface area contributed by atoms with Crippen LogP contribution >= 0.6 is 0 Å². The summed E-state index contributed by atoms with van der Waals surface area (Å²) in [6, 6.07) is 8.53. The highest BCUT2D eigenvalue weighted by molar-refractivity contribution is 6.09. The van der Waals surface area contributed by atoms with Crippen LogP contribution in [0.2, 0.25) is 0 Å². The first-order valence-corrected chi connectivity index (χ1v) is 10.5.